The molecular formula is C25H22N4O2. The Bertz CT molecular complexity index is 1100. The Hall–Kier alpha value is -3.93. The Morgan fingerprint density at radius 2 is 1.42 bits per heavy atom. The molecule has 31 heavy (non-hydrogen) atoms. The van der Waals surface area contributed by atoms with Crippen LogP contribution in [0.2, 0.25) is 0 Å². The van der Waals surface area contributed by atoms with Crippen LogP contribution in [0.4, 0.5) is 4.79 Å². The second-order valence-corrected chi connectivity index (χ2v) is 7.63. The lowest BCUT2D eigenvalue weighted by Crippen LogP contribution is -2.53. The van der Waals surface area contributed by atoms with E-state index in [1.807, 2.05) is 91.0 Å². The van der Waals surface area contributed by atoms with E-state index in [1.54, 1.807) is 4.90 Å². The minimum Gasteiger partial charge on any atom is -0.339 e. The van der Waals surface area contributed by atoms with Crippen LogP contribution in [-0.2, 0) is 0 Å². The van der Waals surface area contributed by atoms with Crippen LogP contribution in [-0.4, -0.2) is 34.2 Å². The van der Waals surface area contributed by atoms with E-state index in [0.29, 0.717) is 24.8 Å². The maximum absolute atomic E-state index is 12.9. The first-order chi connectivity index (χ1) is 15.3. The van der Waals surface area contributed by atoms with Crippen molar-refractivity contribution in [1.29, 1.82) is 0 Å². The monoisotopic (exact) mass is 410 g/mol. The molecule has 0 aliphatic carbocycles. The summed E-state index contributed by atoms with van der Waals surface area (Å²) in [6.07, 6.45) is 0. The zero-order valence-electron chi connectivity index (χ0n) is 16.9. The summed E-state index contributed by atoms with van der Waals surface area (Å²) in [6, 6.07) is 29.4. The van der Waals surface area contributed by atoms with Gasteiger partial charge in [0, 0.05) is 18.7 Å². The van der Waals surface area contributed by atoms with Crippen LogP contribution in [0.15, 0.2) is 95.5 Å². The summed E-state index contributed by atoms with van der Waals surface area (Å²) in [5.74, 6) is 1.21. The van der Waals surface area contributed by atoms with Crippen molar-refractivity contribution < 1.29 is 9.32 Å². The number of urea groups is 1. The normalized spacial score (nSPS) is 13.8. The minimum absolute atomic E-state index is 0.0580. The van der Waals surface area contributed by atoms with Gasteiger partial charge in [0.25, 0.3) is 0 Å². The SMILES string of the molecule is O=C(NC(c1ccccc1)c1ccccc1)N1CC(c2nc(-c3ccccc3)no2)C1. The number of benzene rings is 3. The molecule has 1 aliphatic rings. The van der Waals surface area contributed by atoms with Crippen molar-refractivity contribution >= 4 is 6.03 Å². The quantitative estimate of drug-likeness (QED) is 0.521. The molecule has 0 bridgehead atoms. The fourth-order valence-electron chi connectivity index (χ4n) is 3.77. The summed E-state index contributed by atoms with van der Waals surface area (Å²) < 4.78 is 5.45. The number of hydrogen-bond acceptors (Lipinski definition) is 4. The lowest BCUT2D eigenvalue weighted by Gasteiger charge is -2.38. The molecule has 5 rings (SSSR count). The Morgan fingerprint density at radius 1 is 0.871 bits per heavy atom. The first-order valence-corrected chi connectivity index (χ1v) is 10.3. The van der Waals surface area contributed by atoms with E-state index in [4.69, 9.17) is 4.52 Å². The minimum atomic E-state index is -0.206. The summed E-state index contributed by atoms with van der Waals surface area (Å²) in [5, 5.41) is 7.26. The lowest BCUT2D eigenvalue weighted by molar-refractivity contribution is 0.135. The van der Waals surface area contributed by atoms with Gasteiger partial charge >= 0.3 is 6.03 Å². The van der Waals surface area contributed by atoms with Crippen molar-refractivity contribution in [3.8, 4) is 11.4 Å². The van der Waals surface area contributed by atoms with Crippen molar-refractivity contribution in [2.24, 2.45) is 0 Å². The van der Waals surface area contributed by atoms with E-state index in [2.05, 4.69) is 15.5 Å². The Balaban J connectivity index is 1.25. The number of carbonyl (C=O) groups excluding carboxylic acids is 1. The fourth-order valence-corrected chi connectivity index (χ4v) is 3.77. The summed E-state index contributed by atoms with van der Waals surface area (Å²) >= 11 is 0. The van der Waals surface area contributed by atoms with Crippen molar-refractivity contribution in [2.45, 2.75) is 12.0 Å². The molecule has 4 aromatic rings. The maximum Gasteiger partial charge on any atom is 0.318 e. The van der Waals surface area contributed by atoms with Crippen molar-refractivity contribution in [3.63, 3.8) is 0 Å². The highest BCUT2D eigenvalue weighted by Gasteiger charge is 2.36. The number of nitrogens with one attached hydrogen (secondary N) is 1. The highest BCUT2D eigenvalue weighted by molar-refractivity contribution is 5.76. The van der Waals surface area contributed by atoms with Gasteiger partial charge in [0.05, 0.1) is 12.0 Å². The highest BCUT2D eigenvalue weighted by Crippen LogP contribution is 2.29. The van der Waals surface area contributed by atoms with Crippen molar-refractivity contribution in [2.75, 3.05) is 13.1 Å². The van der Waals surface area contributed by atoms with Crippen LogP contribution in [0.3, 0.4) is 0 Å². The number of likely N-dealkylation sites (tertiary alicyclic amines) is 1. The third-order valence-corrected chi connectivity index (χ3v) is 5.53. The van der Waals surface area contributed by atoms with Crippen LogP contribution in [0, 0.1) is 0 Å². The van der Waals surface area contributed by atoms with Crippen LogP contribution in [0.25, 0.3) is 11.4 Å². The van der Waals surface area contributed by atoms with E-state index in [0.717, 1.165) is 16.7 Å². The van der Waals surface area contributed by atoms with Gasteiger partial charge < -0.3 is 14.7 Å². The number of rotatable bonds is 5. The highest BCUT2D eigenvalue weighted by atomic mass is 16.5. The molecule has 1 fully saturated rings. The third kappa shape index (κ3) is 4.05. The predicted octanol–water partition coefficient (Wildman–Crippen LogP) is 4.64. The molecule has 154 valence electrons. The average Bonchev–Trinajstić information content (AvgIpc) is 3.28. The van der Waals surface area contributed by atoms with Gasteiger partial charge in [0.1, 0.15) is 0 Å². The molecule has 0 unspecified atom stereocenters. The molecule has 0 atom stereocenters. The molecule has 0 spiro atoms. The first kappa shape index (κ1) is 19.1. The van der Waals surface area contributed by atoms with E-state index in [1.165, 1.54) is 0 Å². The molecule has 0 radical (unpaired) electrons. The molecule has 2 heterocycles. The third-order valence-electron chi connectivity index (χ3n) is 5.53. The van der Waals surface area contributed by atoms with E-state index >= 15 is 0 Å². The summed E-state index contributed by atoms with van der Waals surface area (Å²) in [5.41, 5.74) is 3.01. The second kappa shape index (κ2) is 8.44. The van der Waals surface area contributed by atoms with Gasteiger partial charge in [-0.3, -0.25) is 0 Å². The summed E-state index contributed by atoms with van der Waals surface area (Å²) in [4.78, 5) is 19.2. The standard InChI is InChI=1S/C25H22N4O2/c30-25(26-22(18-10-4-1-5-11-18)19-12-6-2-7-13-19)29-16-21(17-29)24-27-23(28-31-24)20-14-8-3-9-15-20/h1-15,21-22H,16-17H2,(H,26,30). The molecule has 1 aromatic heterocycles. The van der Waals surface area contributed by atoms with E-state index in [9.17, 15) is 4.79 Å². The summed E-state index contributed by atoms with van der Waals surface area (Å²) in [7, 11) is 0. The Morgan fingerprint density at radius 3 is 2.00 bits per heavy atom. The Kier molecular flexibility index (Phi) is 5.19. The van der Waals surface area contributed by atoms with Gasteiger partial charge in [-0.2, -0.15) is 4.98 Å². The van der Waals surface area contributed by atoms with Gasteiger partial charge in [-0.15, -0.1) is 0 Å². The van der Waals surface area contributed by atoms with Crippen LogP contribution < -0.4 is 5.32 Å². The zero-order valence-corrected chi connectivity index (χ0v) is 16.9. The molecule has 1 N–H and O–H groups in total. The molecule has 0 saturated carbocycles. The first-order valence-electron chi connectivity index (χ1n) is 10.3. The van der Waals surface area contributed by atoms with Gasteiger partial charge in [-0.1, -0.05) is 96.2 Å². The molecular weight excluding hydrogens is 388 g/mol. The summed E-state index contributed by atoms with van der Waals surface area (Å²) in [6.45, 7) is 1.11. The number of amides is 2. The van der Waals surface area contributed by atoms with Gasteiger partial charge in [0.15, 0.2) is 0 Å². The Labute approximate surface area is 180 Å². The van der Waals surface area contributed by atoms with E-state index in [-0.39, 0.29) is 18.0 Å². The van der Waals surface area contributed by atoms with Crippen LogP contribution in [0.5, 0.6) is 0 Å². The van der Waals surface area contributed by atoms with E-state index < -0.39 is 0 Å². The van der Waals surface area contributed by atoms with Crippen molar-refractivity contribution in [3.05, 3.63) is 108 Å². The maximum atomic E-state index is 12.9. The molecule has 1 saturated heterocycles. The van der Waals surface area contributed by atoms with Gasteiger partial charge in [-0.05, 0) is 11.1 Å². The number of aromatic nitrogens is 2. The molecule has 1 aliphatic heterocycles. The fraction of sp³-hybridized carbons (Fsp3) is 0.160. The lowest BCUT2D eigenvalue weighted by atomic mass is 9.98. The number of nitrogens with zero attached hydrogens (tertiary/aromatic N) is 3. The number of hydrogen-bond donors (Lipinski definition) is 1. The average molecular weight is 410 g/mol. The topological polar surface area (TPSA) is 71.3 Å². The van der Waals surface area contributed by atoms with Gasteiger partial charge in [-0.25, -0.2) is 4.79 Å². The van der Waals surface area contributed by atoms with Gasteiger partial charge in [0.2, 0.25) is 11.7 Å². The van der Waals surface area contributed by atoms with Crippen LogP contribution in [0.1, 0.15) is 29.0 Å². The predicted molar refractivity (Wildman–Crippen MR) is 117 cm³/mol. The molecule has 2 amide bonds. The molecule has 6 heteroatoms. The smallest absolute Gasteiger partial charge is 0.318 e. The zero-order chi connectivity index (χ0) is 21.0. The van der Waals surface area contributed by atoms with Crippen molar-refractivity contribution in [1.82, 2.24) is 20.4 Å². The molecule has 6 nitrogen and oxygen atoms in total. The second-order valence-electron chi connectivity index (χ2n) is 7.63. The molecule has 3 aromatic carbocycles. The number of carbonyl (C=O) groups is 1. The largest absolute Gasteiger partial charge is 0.339 e. The van der Waals surface area contributed by atoms with Crippen LogP contribution >= 0.6 is 0 Å².